The molecule has 0 aromatic rings. The molecule has 1 fully saturated rings. The second-order valence-corrected chi connectivity index (χ2v) is 4.96. The molecule has 0 spiro atoms. The number of hydrogen-bond donors (Lipinski definition) is 1. The van der Waals surface area contributed by atoms with Crippen LogP contribution in [0.2, 0.25) is 0 Å². The predicted molar refractivity (Wildman–Crippen MR) is 66.9 cm³/mol. The first-order chi connectivity index (χ1) is 7.22. The van der Waals surface area contributed by atoms with Gasteiger partial charge in [-0.3, -0.25) is 4.90 Å². The Balaban J connectivity index is 2.43. The monoisotopic (exact) mass is 212 g/mol. The van der Waals surface area contributed by atoms with E-state index < -0.39 is 0 Å². The van der Waals surface area contributed by atoms with Crippen LogP contribution in [0.25, 0.3) is 0 Å². The molecule has 1 aliphatic rings. The van der Waals surface area contributed by atoms with Crippen LogP contribution in [0, 0.1) is 5.92 Å². The Hall–Kier alpha value is -0.0800. The van der Waals surface area contributed by atoms with Gasteiger partial charge >= 0.3 is 0 Å². The highest BCUT2D eigenvalue weighted by molar-refractivity contribution is 4.85. The summed E-state index contributed by atoms with van der Waals surface area (Å²) in [6.45, 7) is 9.21. The minimum atomic E-state index is 0.374. The normalized spacial score (nSPS) is 20.6. The molecule has 1 rings (SSSR count). The molecule has 90 valence electrons. The van der Waals surface area contributed by atoms with Crippen LogP contribution in [0.15, 0.2) is 0 Å². The highest BCUT2D eigenvalue weighted by Crippen LogP contribution is 2.30. The molecule has 2 atom stereocenters. The number of hydrogen-bond acceptors (Lipinski definition) is 2. The van der Waals surface area contributed by atoms with Gasteiger partial charge in [0.2, 0.25) is 0 Å². The molecule has 0 aromatic carbocycles. The summed E-state index contributed by atoms with van der Waals surface area (Å²) in [4.78, 5) is 2.61. The van der Waals surface area contributed by atoms with E-state index in [1.165, 1.54) is 38.6 Å². The van der Waals surface area contributed by atoms with Crippen molar-refractivity contribution in [1.82, 2.24) is 4.90 Å². The topological polar surface area (TPSA) is 29.3 Å². The number of nitrogens with zero attached hydrogens (tertiary/aromatic N) is 1. The standard InChI is InChI=1S/C13H28N2/c1-4-7-12(14)13(5-2)15(6-3)10-11-8-9-11/h11-13H,4-10,14H2,1-3H3. The first kappa shape index (κ1) is 13.0. The number of rotatable bonds is 8. The largest absolute Gasteiger partial charge is 0.326 e. The Morgan fingerprint density at radius 2 is 1.93 bits per heavy atom. The summed E-state index contributed by atoms with van der Waals surface area (Å²) in [5.74, 6) is 0.979. The van der Waals surface area contributed by atoms with E-state index >= 15 is 0 Å². The van der Waals surface area contributed by atoms with Gasteiger partial charge < -0.3 is 5.73 Å². The Morgan fingerprint density at radius 3 is 2.33 bits per heavy atom. The van der Waals surface area contributed by atoms with Crippen molar-refractivity contribution in [2.45, 2.75) is 65.0 Å². The fraction of sp³-hybridized carbons (Fsp3) is 1.00. The lowest BCUT2D eigenvalue weighted by Gasteiger charge is -2.34. The molecule has 15 heavy (non-hydrogen) atoms. The van der Waals surface area contributed by atoms with E-state index in [4.69, 9.17) is 5.73 Å². The van der Waals surface area contributed by atoms with Gasteiger partial charge in [0, 0.05) is 18.6 Å². The molecule has 1 saturated carbocycles. The Kier molecular flexibility index (Phi) is 5.62. The van der Waals surface area contributed by atoms with Gasteiger partial charge in [-0.25, -0.2) is 0 Å². The Bertz CT molecular complexity index is 166. The summed E-state index contributed by atoms with van der Waals surface area (Å²) < 4.78 is 0. The van der Waals surface area contributed by atoms with Crippen molar-refractivity contribution < 1.29 is 0 Å². The van der Waals surface area contributed by atoms with Crippen LogP contribution in [0.3, 0.4) is 0 Å². The van der Waals surface area contributed by atoms with Crippen molar-refractivity contribution in [3.05, 3.63) is 0 Å². The molecule has 0 heterocycles. The SMILES string of the molecule is CCCC(N)C(CC)N(CC)CC1CC1. The maximum Gasteiger partial charge on any atom is 0.0244 e. The van der Waals surface area contributed by atoms with Crippen LogP contribution in [0.1, 0.15) is 52.9 Å². The van der Waals surface area contributed by atoms with Crippen molar-refractivity contribution in [2.75, 3.05) is 13.1 Å². The molecule has 1 aliphatic carbocycles. The third kappa shape index (κ3) is 4.12. The van der Waals surface area contributed by atoms with Crippen molar-refractivity contribution in [3.63, 3.8) is 0 Å². The maximum absolute atomic E-state index is 6.27. The molecule has 0 amide bonds. The molecule has 0 radical (unpaired) electrons. The lowest BCUT2D eigenvalue weighted by atomic mass is 10.00. The third-order valence-electron chi connectivity index (χ3n) is 3.60. The summed E-state index contributed by atoms with van der Waals surface area (Å²) in [7, 11) is 0. The van der Waals surface area contributed by atoms with Crippen molar-refractivity contribution in [3.8, 4) is 0 Å². The Morgan fingerprint density at radius 1 is 1.27 bits per heavy atom. The highest BCUT2D eigenvalue weighted by Gasteiger charge is 2.28. The van der Waals surface area contributed by atoms with Gasteiger partial charge in [0.05, 0.1) is 0 Å². The van der Waals surface area contributed by atoms with Crippen LogP contribution >= 0.6 is 0 Å². The van der Waals surface area contributed by atoms with Crippen LogP contribution < -0.4 is 5.73 Å². The smallest absolute Gasteiger partial charge is 0.0244 e. The minimum absolute atomic E-state index is 0.374. The number of likely N-dealkylation sites (N-methyl/N-ethyl adjacent to an activating group) is 1. The summed E-state index contributed by atoms with van der Waals surface area (Å²) in [6.07, 6.45) is 6.45. The van der Waals surface area contributed by atoms with Gasteiger partial charge in [-0.2, -0.15) is 0 Å². The molecule has 0 aromatic heterocycles. The van der Waals surface area contributed by atoms with Gasteiger partial charge in [-0.1, -0.05) is 27.2 Å². The number of nitrogens with two attached hydrogens (primary N) is 1. The van der Waals surface area contributed by atoms with Crippen LogP contribution in [0.4, 0.5) is 0 Å². The fourth-order valence-electron chi connectivity index (χ4n) is 2.49. The Labute approximate surface area is 95.2 Å². The molecule has 2 heteroatoms. The lowest BCUT2D eigenvalue weighted by molar-refractivity contribution is 0.162. The van der Waals surface area contributed by atoms with Crippen molar-refractivity contribution in [1.29, 1.82) is 0 Å². The van der Waals surface area contributed by atoms with Gasteiger partial charge in [-0.05, 0) is 38.1 Å². The van der Waals surface area contributed by atoms with E-state index in [-0.39, 0.29) is 0 Å². The fourth-order valence-corrected chi connectivity index (χ4v) is 2.49. The first-order valence-corrected chi connectivity index (χ1v) is 6.72. The van der Waals surface area contributed by atoms with E-state index in [2.05, 4.69) is 25.7 Å². The molecular weight excluding hydrogens is 184 g/mol. The van der Waals surface area contributed by atoms with Gasteiger partial charge in [0.1, 0.15) is 0 Å². The summed E-state index contributed by atoms with van der Waals surface area (Å²) >= 11 is 0. The highest BCUT2D eigenvalue weighted by atomic mass is 15.2. The van der Waals surface area contributed by atoms with Crippen LogP contribution in [-0.2, 0) is 0 Å². The quantitative estimate of drug-likeness (QED) is 0.670. The molecule has 0 saturated heterocycles. The van der Waals surface area contributed by atoms with Gasteiger partial charge in [-0.15, -0.1) is 0 Å². The second kappa shape index (κ2) is 6.49. The zero-order valence-corrected chi connectivity index (χ0v) is 10.7. The third-order valence-corrected chi connectivity index (χ3v) is 3.60. The zero-order valence-electron chi connectivity index (χ0n) is 10.7. The maximum atomic E-state index is 6.27. The molecule has 2 nitrogen and oxygen atoms in total. The molecule has 0 aliphatic heterocycles. The average Bonchev–Trinajstić information content (AvgIpc) is 3.01. The lowest BCUT2D eigenvalue weighted by Crippen LogP contribution is -2.48. The van der Waals surface area contributed by atoms with Gasteiger partial charge in [0.15, 0.2) is 0 Å². The van der Waals surface area contributed by atoms with E-state index in [1.807, 2.05) is 0 Å². The molecule has 2 unspecified atom stereocenters. The van der Waals surface area contributed by atoms with Crippen LogP contribution in [0.5, 0.6) is 0 Å². The molecule has 0 bridgehead atoms. The second-order valence-electron chi connectivity index (χ2n) is 4.96. The summed E-state index contributed by atoms with van der Waals surface area (Å²) in [5.41, 5.74) is 6.27. The summed E-state index contributed by atoms with van der Waals surface area (Å²) in [6, 6.07) is 0.981. The van der Waals surface area contributed by atoms with E-state index in [0.29, 0.717) is 12.1 Å². The van der Waals surface area contributed by atoms with Crippen molar-refractivity contribution in [2.24, 2.45) is 11.7 Å². The van der Waals surface area contributed by atoms with E-state index in [0.717, 1.165) is 12.5 Å². The van der Waals surface area contributed by atoms with Gasteiger partial charge in [0.25, 0.3) is 0 Å². The predicted octanol–water partition coefficient (Wildman–Crippen LogP) is 2.62. The molecule has 2 N–H and O–H groups in total. The minimum Gasteiger partial charge on any atom is -0.326 e. The zero-order chi connectivity index (χ0) is 11.3. The average molecular weight is 212 g/mol. The summed E-state index contributed by atoms with van der Waals surface area (Å²) in [5, 5.41) is 0. The van der Waals surface area contributed by atoms with Crippen LogP contribution in [-0.4, -0.2) is 30.1 Å². The van der Waals surface area contributed by atoms with E-state index in [9.17, 15) is 0 Å². The van der Waals surface area contributed by atoms with Crippen molar-refractivity contribution >= 4 is 0 Å². The van der Waals surface area contributed by atoms with E-state index in [1.54, 1.807) is 0 Å². The first-order valence-electron chi connectivity index (χ1n) is 6.72. The molecular formula is C13H28N2.